The van der Waals surface area contributed by atoms with Crippen molar-refractivity contribution in [1.82, 2.24) is 5.32 Å². The number of amides is 1. The standard InChI is InChI=1S/C12H17NO2/c1-9-2-4-11(5-3-9)13-12(14)10-6-7-15-8-10/h6-9,11H,2-5H2,1H3,(H,13,14). The first-order valence-electron chi connectivity index (χ1n) is 5.59. The SMILES string of the molecule is CC1CCC(NC(=O)c2ccoc2)CC1. The lowest BCUT2D eigenvalue weighted by atomic mass is 9.87. The Hall–Kier alpha value is -1.25. The van der Waals surface area contributed by atoms with Gasteiger partial charge in [0.25, 0.3) is 5.91 Å². The molecule has 1 heterocycles. The van der Waals surface area contributed by atoms with E-state index in [9.17, 15) is 4.79 Å². The molecule has 0 radical (unpaired) electrons. The average Bonchev–Trinajstić information content (AvgIpc) is 2.74. The summed E-state index contributed by atoms with van der Waals surface area (Å²) >= 11 is 0. The fourth-order valence-electron chi connectivity index (χ4n) is 2.07. The van der Waals surface area contributed by atoms with Gasteiger partial charge in [-0.15, -0.1) is 0 Å². The topological polar surface area (TPSA) is 42.2 Å². The second-order valence-electron chi connectivity index (χ2n) is 4.44. The second kappa shape index (κ2) is 4.51. The normalized spacial score (nSPS) is 26.2. The molecule has 0 atom stereocenters. The molecule has 0 aromatic carbocycles. The van der Waals surface area contributed by atoms with Crippen molar-refractivity contribution in [3.05, 3.63) is 24.2 Å². The van der Waals surface area contributed by atoms with E-state index in [-0.39, 0.29) is 5.91 Å². The second-order valence-corrected chi connectivity index (χ2v) is 4.44. The molecule has 1 saturated carbocycles. The van der Waals surface area contributed by atoms with E-state index in [0.717, 1.165) is 18.8 Å². The molecule has 1 aliphatic carbocycles. The van der Waals surface area contributed by atoms with Gasteiger partial charge >= 0.3 is 0 Å². The molecular weight excluding hydrogens is 190 g/mol. The molecule has 0 spiro atoms. The van der Waals surface area contributed by atoms with Crippen molar-refractivity contribution >= 4 is 5.91 Å². The van der Waals surface area contributed by atoms with Crippen LogP contribution in [0.5, 0.6) is 0 Å². The van der Waals surface area contributed by atoms with Crippen molar-refractivity contribution in [3.8, 4) is 0 Å². The van der Waals surface area contributed by atoms with Crippen LogP contribution in [0.3, 0.4) is 0 Å². The lowest BCUT2D eigenvalue weighted by Gasteiger charge is -2.26. The predicted octanol–water partition coefficient (Wildman–Crippen LogP) is 2.59. The van der Waals surface area contributed by atoms with E-state index < -0.39 is 0 Å². The Morgan fingerprint density at radius 1 is 1.40 bits per heavy atom. The fraction of sp³-hybridized carbons (Fsp3) is 0.583. The van der Waals surface area contributed by atoms with Gasteiger partial charge in [0, 0.05) is 6.04 Å². The van der Waals surface area contributed by atoms with Crippen molar-refractivity contribution in [3.63, 3.8) is 0 Å². The average molecular weight is 207 g/mol. The molecule has 0 unspecified atom stereocenters. The largest absolute Gasteiger partial charge is 0.472 e. The van der Waals surface area contributed by atoms with E-state index in [1.54, 1.807) is 6.07 Å². The maximum atomic E-state index is 11.7. The van der Waals surface area contributed by atoms with E-state index in [4.69, 9.17) is 4.42 Å². The number of carbonyl (C=O) groups excluding carboxylic acids is 1. The van der Waals surface area contributed by atoms with Crippen molar-refractivity contribution in [2.45, 2.75) is 38.6 Å². The monoisotopic (exact) mass is 207 g/mol. The van der Waals surface area contributed by atoms with Gasteiger partial charge in [-0.1, -0.05) is 6.92 Å². The molecule has 3 heteroatoms. The van der Waals surface area contributed by atoms with E-state index >= 15 is 0 Å². The minimum atomic E-state index is -0.0108. The molecule has 1 amide bonds. The first-order valence-corrected chi connectivity index (χ1v) is 5.59. The van der Waals surface area contributed by atoms with Crippen LogP contribution in [0.15, 0.2) is 23.0 Å². The zero-order valence-corrected chi connectivity index (χ0v) is 9.03. The van der Waals surface area contributed by atoms with Crippen LogP contribution in [-0.2, 0) is 0 Å². The van der Waals surface area contributed by atoms with Crippen LogP contribution in [0.4, 0.5) is 0 Å². The number of hydrogen-bond donors (Lipinski definition) is 1. The maximum Gasteiger partial charge on any atom is 0.254 e. The fourth-order valence-corrected chi connectivity index (χ4v) is 2.07. The summed E-state index contributed by atoms with van der Waals surface area (Å²) in [5, 5.41) is 3.04. The number of rotatable bonds is 2. The third-order valence-corrected chi connectivity index (χ3v) is 3.13. The molecule has 1 N–H and O–H groups in total. The van der Waals surface area contributed by atoms with Crippen LogP contribution >= 0.6 is 0 Å². The van der Waals surface area contributed by atoms with Crippen LogP contribution in [0.2, 0.25) is 0 Å². The van der Waals surface area contributed by atoms with Gasteiger partial charge in [0.2, 0.25) is 0 Å². The Balaban J connectivity index is 1.85. The van der Waals surface area contributed by atoms with Gasteiger partial charge in [0.15, 0.2) is 0 Å². The maximum absolute atomic E-state index is 11.7. The molecule has 3 nitrogen and oxygen atoms in total. The van der Waals surface area contributed by atoms with Crippen LogP contribution in [0.1, 0.15) is 43.0 Å². The Morgan fingerprint density at radius 3 is 2.73 bits per heavy atom. The molecule has 0 saturated heterocycles. The molecule has 0 bridgehead atoms. The van der Waals surface area contributed by atoms with Gasteiger partial charge in [0.05, 0.1) is 11.8 Å². The Morgan fingerprint density at radius 2 is 2.13 bits per heavy atom. The van der Waals surface area contributed by atoms with Crippen LogP contribution in [-0.4, -0.2) is 11.9 Å². The minimum absolute atomic E-state index is 0.0108. The summed E-state index contributed by atoms with van der Waals surface area (Å²) in [4.78, 5) is 11.7. The molecule has 0 aliphatic heterocycles. The molecule has 15 heavy (non-hydrogen) atoms. The lowest BCUT2D eigenvalue weighted by molar-refractivity contribution is 0.0922. The predicted molar refractivity (Wildman–Crippen MR) is 57.6 cm³/mol. The summed E-state index contributed by atoms with van der Waals surface area (Å²) in [5.74, 6) is 0.801. The van der Waals surface area contributed by atoms with Gasteiger partial charge in [-0.25, -0.2) is 0 Å². The van der Waals surface area contributed by atoms with Crippen LogP contribution < -0.4 is 5.32 Å². The summed E-state index contributed by atoms with van der Waals surface area (Å²) in [6, 6.07) is 2.05. The highest BCUT2D eigenvalue weighted by molar-refractivity contribution is 5.93. The first-order chi connectivity index (χ1) is 7.25. The Kier molecular flexibility index (Phi) is 3.09. The number of hydrogen-bond acceptors (Lipinski definition) is 2. The first kappa shape index (κ1) is 10.3. The van der Waals surface area contributed by atoms with E-state index in [1.165, 1.54) is 25.4 Å². The molecule has 1 fully saturated rings. The van der Waals surface area contributed by atoms with E-state index in [0.29, 0.717) is 11.6 Å². The number of nitrogens with one attached hydrogen (secondary N) is 1. The summed E-state index contributed by atoms with van der Waals surface area (Å²) < 4.78 is 4.88. The summed E-state index contributed by atoms with van der Waals surface area (Å²) in [7, 11) is 0. The zero-order chi connectivity index (χ0) is 10.7. The van der Waals surface area contributed by atoms with Crippen molar-refractivity contribution in [2.75, 3.05) is 0 Å². The zero-order valence-electron chi connectivity index (χ0n) is 9.03. The lowest BCUT2D eigenvalue weighted by Crippen LogP contribution is -2.37. The number of carbonyl (C=O) groups is 1. The highest BCUT2D eigenvalue weighted by atomic mass is 16.3. The quantitative estimate of drug-likeness (QED) is 0.809. The van der Waals surface area contributed by atoms with Crippen molar-refractivity contribution < 1.29 is 9.21 Å². The Labute approximate surface area is 89.9 Å². The van der Waals surface area contributed by atoms with Gasteiger partial charge < -0.3 is 9.73 Å². The molecule has 1 aromatic rings. The van der Waals surface area contributed by atoms with Gasteiger partial charge in [0.1, 0.15) is 6.26 Å². The highest BCUT2D eigenvalue weighted by Crippen LogP contribution is 2.23. The Bertz CT molecular complexity index is 310. The van der Waals surface area contributed by atoms with Gasteiger partial charge in [-0.3, -0.25) is 4.79 Å². The summed E-state index contributed by atoms with van der Waals surface area (Å²) in [5.41, 5.74) is 0.619. The van der Waals surface area contributed by atoms with Gasteiger partial charge in [-0.05, 0) is 37.7 Å². The summed E-state index contributed by atoms with van der Waals surface area (Å²) in [6.07, 6.45) is 7.65. The van der Waals surface area contributed by atoms with Crippen LogP contribution in [0, 0.1) is 5.92 Å². The third kappa shape index (κ3) is 2.61. The molecule has 2 rings (SSSR count). The van der Waals surface area contributed by atoms with Crippen molar-refractivity contribution in [2.24, 2.45) is 5.92 Å². The van der Waals surface area contributed by atoms with Crippen LogP contribution in [0.25, 0.3) is 0 Å². The highest BCUT2D eigenvalue weighted by Gasteiger charge is 2.20. The third-order valence-electron chi connectivity index (χ3n) is 3.13. The van der Waals surface area contributed by atoms with E-state index in [2.05, 4.69) is 12.2 Å². The number of furan rings is 1. The molecule has 1 aromatic heterocycles. The minimum Gasteiger partial charge on any atom is -0.472 e. The summed E-state index contributed by atoms with van der Waals surface area (Å²) in [6.45, 7) is 2.27. The molecular formula is C12H17NO2. The van der Waals surface area contributed by atoms with Crippen molar-refractivity contribution in [1.29, 1.82) is 0 Å². The smallest absolute Gasteiger partial charge is 0.254 e. The van der Waals surface area contributed by atoms with E-state index in [1.807, 2.05) is 0 Å². The van der Waals surface area contributed by atoms with Gasteiger partial charge in [-0.2, -0.15) is 0 Å². The molecule has 1 aliphatic rings. The molecule has 82 valence electrons.